The largest absolute Gasteiger partial charge is 0.394 e. The fraction of sp³-hybridized carbons (Fsp3) is 1.00. The first-order valence-electron chi connectivity index (χ1n) is 3.34. The Labute approximate surface area is 57.1 Å². The van der Waals surface area contributed by atoms with Gasteiger partial charge in [0.1, 0.15) is 0 Å². The van der Waals surface area contributed by atoms with Crippen LogP contribution in [0.15, 0.2) is 0 Å². The van der Waals surface area contributed by atoms with E-state index in [0.29, 0.717) is 20.2 Å². The van der Waals surface area contributed by atoms with Gasteiger partial charge in [-0.1, -0.05) is 0 Å². The minimum atomic E-state index is 0.565. The van der Waals surface area contributed by atoms with Crippen molar-refractivity contribution in [3.63, 3.8) is 0 Å². The number of hydrogen-bond acceptors (Lipinski definition) is 1. The van der Waals surface area contributed by atoms with Gasteiger partial charge in [0.05, 0.1) is 0 Å². The van der Waals surface area contributed by atoms with Gasteiger partial charge >= 0.3 is 0 Å². The molecule has 0 aromatic rings. The van der Waals surface area contributed by atoms with Crippen molar-refractivity contribution < 1.29 is 4.74 Å². The number of rotatable bonds is 1. The molecule has 0 saturated carbocycles. The quantitative estimate of drug-likeness (QED) is 0.482. The molecule has 0 amide bonds. The monoisotopic (exact) mass is 127 g/mol. The third-order valence-corrected chi connectivity index (χ3v) is 2.86. The van der Waals surface area contributed by atoms with Crippen LogP contribution in [0.1, 0.15) is 19.3 Å². The van der Waals surface area contributed by atoms with E-state index in [4.69, 9.17) is 4.74 Å². The molecule has 0 aliphatic carbocycles. The van der Waals surface area contributed by atoms with Crippen LogP contribution in [0.5, 0.6) is 0 Å². The molecule has 0 spiro atoms. The number of ether oxygens (including phenoxy) is 1. The topological polar surface area (TPSA) is 9.23 Å². The molecular formula is C6H12AlO. The van der Waals surface area contributed by atoms with Crippen LogP contribution in [0.4, 0.5) is 0 Å². The molecule has 1 saturated heterocycles. The molecule has 2 heteroatoms. The van der Waals surface area contributed by atoms with Gasteiger partial charge < -0.3 is 4.74 Å². The van der Waals surface area contributed by atoms with Crippen LogP contribution in [0, 0.1) is 0 Å². The predicted molar refractivity (Wildman–Crippen MR) is 35.2 cm³/mol. The summed E-state index contributed by atoms with van der Waals surface area (Å²) >= 11 is 0.565. The summed E-state index contributed by atoms with van der Waals surface area (Å²) in [5, 5.41) is 0. The Bertz CT molecular complexity index is 59.5. The van der Waals surface area contributed by atoms with Crippen LogP contribution < -0.4 is 0 Å². The van der Waals surface area contributed by atoms with E-state index in [0.717, 1.165) is 6.61 Å². The van der Waals surface area contributed by atoms with Crippen LogP contribution in [-0.2, 0) is 4.74 Å². The normalized spacial score (nSPS) is 29.9. The van der Waals surface area contributed by atoms with Crippen LogP contribution in [-0.4, -0.2) is 26.8 Å². The minimum absolute atomic E-state index is 0.565. The lowest BCUT2D eigenvalue weighted by Gasteiger charge is -2.20. The van der Waals surface area contributed by atoms with Gasteiger partial charge in [-0.05, 0) is 24.2 Å². The zero-order chi connectivity index (χ0) is 5.82. The van der Waals surface area contributed by atoms with Gasteiger partial charge in [0.15, 0.2) is 0 Å². The van der Waals surface area contributed by atoms with Crippen LogP contribution in [0.2, 0.25) is 5.79 Å². The Morgan fingerprint density at radius 3 is 2.75 bits per heavy atom. The van der Waals surface area contributed by atoms with Gasteiger partial charge in [0.25, 0.3) is 0 Å². The first-order valence-corrected chi connectivity index (χ1v) is 5.16. The van der Waals surface area contributed by atoms with Crippen LogP contribution >= 0.6 is 0 Å². The van der Waals surface area contributed by atoms with E-state index in [1.54, 1.807) is 0 Å². The molecule has 1 unspecified atom stereocenters. The molecule has 1 fully saturated rings. The molecule has 1 aliphatic heterocycles. The van der Waals surface area contributed by atoms with Crippen molar-refractivity contribution in [2.45, 2.75) is 30.0 Å². The molecule has 1 heterocycles. The Balaban J connectivity index is 2.13. The highest BCUT2D eigenvalue weighted by Crippen LogP contribution is 2.10. The molecule has 1 rings (SSSR count). The van der Waals surface area contributed by atoms with Crippen molar-refractivity contribution in [3.05, 3.63) is 0 Å². The smallest absolute Gasteiger partial charge is 0.244 e. The van der Waals surface area contributed by atoms with Gasteiger partial charge in [-0.2, -0.15) is 0 Å². The summed E-state index contributed by atoms with van der Waals surface area (Å²) in [5.74, 6) is 2.27. The lowest BCUT2D eigenvalue weighted by molar-refractivity contribution is 0.0655. The van der Waals surface area contributed by atoms with E-state index in [1.165, 1.54) is 19.3 Å². The van der Waals surface area contributed by atoms with E-state index in [9.17, 15) is 0 Å². The molecular weight excluding hydrogens is 115 g/mol. The maximum atomic E-state index is 5.46. The van der Waals surface area contributed by atoms with Crippen molar-refractivity contribution in [3.8, 4) is 0 Å². The molecule has 0 aromatic carbocycles. The lowest BCUT2D eigenvalue weighted by Crippen LogP contribution is -2.23. The van der Waals surface area contributed by atoms with E-state index in [2.05, 4.69) is 5.79 Å². The Morgan fingerprint density at radius 2 is 2.38 bits per heavy atom. The van der Waals surface area contributed by atoms with E-state index in [-0.39, 0.29) is 0 Å². The zero-order valence-electron chi connectivity index (χ0n) is 5.39. The number of hydrogen-bond donors (Lipinski definition) is 0. The van der Waals surface area contributed by atoms with Gasteiger partial charge in [0.2, 0.25) is 15.2 Å². The Hall–Kier alpha value is 0.492. The molecule has 0 aromatic heterocycles. The van der Waals surface area contributed by atoms with Crippen LogP contribution in [0.3, 0.4) is 0 Å². The van der Waals surface area contributed by atoms with Crippen molar-refractivity contribution in [1.82, 2.24) is 0 Å². The predicted octanol–water partition coefficient (Wildman–Crippen LogP) is 1.27. The highest BCUT2D eigenvalue weighted by Gasteiger charge is 2.10. The third-order valence-electron chi connectivity index (χ3n) is 1.59. The highest BCUT2D eigenvalue weighted by atomic mass is 27.1. The average Bonchev–Trinajstić information content (AvgIpc) is 1.90. The molecule has 45 valence electrons. The maximum absolute atomic E-state index is 5.46. The summed E-state index contributed by atoms with van der Waals surface area (Å²) < 4.78 is 5.46. The van der Waals surface area contributed by atoms with Crippen molar-refractivity contribution in [2.24, 2.45) is 0 Å². The third kappa shape index (κ3) is 1.78. The highest BCUT2D eigenvalue weighted by molar-refractivity contribution is 6.35. The summed E-state index contributed by atoms with van der Waals surface area (Å²) in [6, 6.07) is 0. The Kier molecular flexibility index (Phi) is 2.90. The van der Waals surface area contributed by atoms with E-state index in [1.807, 2.05) is 0 Å². The lowest BCUT2D eigenvalue weighted by atomic mass is 10.2. The molecule has 1 radical (unpaired) electrons. The molecule has 8 heavy (non-hydrogen) atoms. The van der Waals surface area contributed by atoms with Crippen molar-refractivity contribution in [2.75, 3.05) is 6.61 Å². The molecule has 1 nitrogen and oxygen atoms in total. The summed E-state index contributed by atoms with van der Waals surface area (Å²) in [6.45, 7) is 1.02. The van der Waals surface area contributed by atoms with Gasteiger partial charge in [0, 0.05) is 6.61 Å². The van der Waals surface area contributed by atoms with Gasteiger partial charge in [-0.3, -0.25) is 0 Å². The maximum Gasteiger partial charge on any atom is 0.244 e. The van der Waals surface area contributed by atoms with Crippen molar-refractivity contribution >= 4 is 15.2 Å². The second-order valence-electron chi connectivity index (χ2n) is 2.24. The fourth-order valence-corrected chi connectivity index (χ4v) is 1.93. The van der Waals surface area contributed by atoms with Gasteiger partial charge in [-0.25, -0.2) is 0 Å². The summed E-state index contributed by atoms with van der Waals surface area (Å²) in [4.78, 5) is 0.670. The van der Waals surface area contributed by atoms with Crippen molar-refractivity contribution in [1.29, 1.82) is 0 Å². The molecule has 0 bridgehead atoms. The summed E-state index contributed by atoms with van der Waals surface area (Å²) in [7, 11) is 0. The first kappa shape index (κ1) is 6.61. The minimum Gasteiger partial charge on any atom is -0.394 e. The summed E-state index contributed by atoms with van der Waals surface area (Å²) in [6.07, 6.45) is 4.01. The molecule has 0 N–H and O–H groups in total. The second kappa shape index (κ2) is 3.50. The fourth-order valence-electron chi connectivity index (χ4n) is 1.03. The second-order valence-corrected chi connectivity index (χ2v) is 3.65. The Morgan fingerprint density at radius 1 is 1.50 bits per heavy atom. The average molecular weight is 127 g/mol. The molecule has 1 atom stereocenters. The zero-order valence-corrected chi connectivity index (χ0v) is 6.55. The molecule has 1 aliphatic rings. The van der Waals surface area contributed by atoms with Gasteiger partial charge in [-0.15, -0.1) is 5.79 Å². The summed E-state index contributed by atoms with van der Waals surface area (Å²) in [5.41, 5.74) is 0. The standard InChI is InChI=1S/C5H9O.CH3.Al/c1-2-4-6-5-3-1;;/h4H,1-3,5H2;1H3;. The van der Waals surface area contributed by atoms with E-state index < -0.39 is 0 Å². The van der Waals surface area contributed by atoms with Crippen LogP contribution in [0.25, 0.3) is 0 Å². The van der Waals surface area contributed by atoms with E-state index >= 15 is 0 Å². The first-order chi connectivity index (χ1) is 3.93. The SMILES string of the molecule is [CH3][Al][CH]1CCCCO1.